The predicted octanol–water partition coefficient (Wildman–Crippen LogP) is 2.82. The standard InChI is InChI=1S/C21H22N4O3S/c1-15(16-7-4-3-5-8-16)13-24(2)19(27)17-9-6-11-25(20(17)28)14-18(26)23-21-22-10-12-29-21/h3-12,15H,13-14H2,1-2H3,(H,22,23,26)/t15-/m1/s1. The molecule has 2 aromatic heterocycles. The summed E-state index contributed by atoms with van der Waals surface area (Å²) in [5.41, 5.74) is 0.666. The first-order valence-corrected chi connectivity index (χ1v) is 10.0. The van der Waals surface area contributed by atoms with E-state index in [1.165, 1.54) is 33.1 Å². The van der Waals surface area contributed by atoms with Crippen LogP contribution in [0.1, 0.15) is 28.8 Å². The Morgan fingerprint density at radius 2 is 1.97 bits per heavy atom. The minimum Gasteiger partial charge on any atom is -0.341 e. The van der Waals surface area contributed by atoms with Gasteiger partial charge in [-0.25, -0.2) is 4.98 Å². The number of amides is 2. The highest BCUT2D eigenvalue weighted by molar-refractivity contribution is 7.13. The van der Waals surface area contributed by atoms with E-state index in [9.17, 15) is 14.4 Å². The van der Waals surface area contributed by atoms with Gasteiger partial charge in [-0.05, 0) is 23.6 Å². The summed E-state index contributed by atoms with van der Waals surface area (Å²) in [4.78, 5) is 43.2. The third kappa shape index (κ3) is 5.17. The van der Waals surface area contributed by atoms with Crippen LogP contribution in [-0.2, 0) is 11.3 Å². The zero-order valence-electron chi connectivity index (χ0n) is 16.2. The van der Waals surface area contributed by atoms with E-state index in [-0.39, 0.29) is 29.8 Å². The molecule has 7 nitrogen and oxygen atoms in total. The van der Waals surface area contributed by atoms with Gasteiger partial charge in [-0.2, -0.15) is 0 Å². The Bertz CT molecular complexity index is 1030. The number of rotatable bonds is 7. The quantitative estimate of drug-likeness (QED) is 0.649. The number of benzene rings is 1. The second kappa shape index (κ2) is 9.29. The van der Waals surface area contributed by atoms with Crippen molar-refractivity contribution in [1.82, 2.24) is 14.5 Å². The summed E-state index contributed by atoms with van der Waals surface area (Å²) in [6, 6.07) is 13.0. The van der Waals surface area contributed by atoms with E-state index >= 15 is 0 Å². The molecule has 150 valence electrons. The summed E-state index contributed by atoms with van der Waals surface area (Å²) in [5.74, 6) is -0.620. The molecule has 3 aromatic rings. The second-order valence-electron chi connectivity index (χ2n) is 6.74. The van der Waals surface area contributed by atoms with Crippen LogP contribution in [0.5, 0.6) is 0 Å². The van der Waals surface area contributed by atoms with Gasteiger partial charge < -0.3 is 14.8 Å². The average Bonchev–Trinajstić information content (AvgIpc) is 3.22. The number of hydrogen-bond donors (Lipinski definition) is 1. The molecule has 2 heterocycles. The Hall–Kier alpha value is -3.26. The van der Waals surface area contributed by atoms with Gasteiger partial charge in [0.15, 0.2) is 5.13 Å². The number of pyridine rings is 1. The molecular formula is C21H22N4O3S. The van der Waals surface area contributed by atoms with Crippen molar-refractivity contribution in [3.8, 4) is 0 Å². The number of nitrogens with one attached hydrogen (secondary N) is 1. The van der Waals surface area contributed by atoms with E-state index in [0.717, 1.165) is 5.56 Å². The van der Waals surface area contributed by atoms with Crippen molar-refractivity contribution in [1.29, 1.82) is 0 Å². The van der Waals surface area contributed by atoms with Crippen LogP contribution in [0.15, 0.2) is 65.0 Å². The third-order valence-electron chi connectivity index (χ3n) is 4.51. The van der Waals surface area contributed by atoms with Gasteiger partial charge in [-0.15, -0.1) is 11.3 Å². The SMILES string of the molecule is C[C@H](CN(C)C(=O)c1cccn(CC(=O)Nc2nccs2)c1=O)c1ccccc1. The lowest BCUT2D eigenvalue weighted by molar-refractivity contribution is -0.116. The summed E-state index contributed by atoms with van der Waals surface area (Å²) in [6.07, 6.45) is 3.07. The van der Waals surface area contributed by atoms with Crippen LogP contribution in [0.2, 0.25) is 0 Å². The summed E-state index contributed by atoms with van der Waals surface area (Å²) < 4.78 is 1.23. The number of thiazole rings is 1. The first kappa shape index (κ1) is 20.5. The maximum atomic E-state index is 12.8. The van der Waals surface area contributed by atoms with E-state index in [1.807, 2.05) is 37.3 Å². The largest absolute Gasteiger partial charge is 0.341 e. The molecule has 0 aliphatic carbocycles. The highest BCUT2D eigenvalue weighted by Crippen LogP contribution is 2.16. The number of aromatic nitrogens is 2. The van der Waals surface area contributed by atoms with Gasteiger partial charge in [0.05, 0.1) is 0 Å². The fraction of sp³-hybridized carbons (Fsp3) is 0.238. The molecule has 1 N–H and O–H groups in total. The Kier molecular flexibility index (Phi) is 6.56. The molecule has 0 fully saturated rings. The van der Waals surface area contributed by atoms with E-state index in [4.69, 9.17) is 0 Å². The summed E-state index contributed by atoms with van der Waals surface area (Å²) >= 11 is 1.29. The number of carbonyl (C=O) groups excluding carboxylic acids is 2. The maximum Gasteiger partial charge on any atom is 0.263 e. The van der Waals surface area contributed by atoms with Crippen molar-refractivity contribution in [2.75, 3.05) is 18.9 Å². The van der Waals surface area contributed by atoms with Crippen molar-refractivity contribution in [2.45, 2.75) is 19.4 Å². The highest BCUT2D eigenvalue weighted by atomic mass is 32.1. The number of anilines is 1. The van der Waals surface area contributed by atoms with Crippen molar-refractivity contribution >= 4 is 28.3 Å². The predicted molar refractivity (Wildman–Crippen MR) is 113 cm³/mol. The molecular weight excluding hydrogens is 388 g/mol. The zero-order valence-corrected chi connectivity index (χ0v) is 17.1. The smallest absolute Gasteiger partial charge is 0.263 e. The minimum atomic E-state index is -0.494. The minimum absolute atomic E-state index is 0.0392. The molecule has 0 unspecified atom stereocenters. The molecule has 0 aliphatic heterocycles. The molecule has 0 spiro atoms. The number of hydrogen-bond acceptors (Lipinski definition) is 5. The van der Waals surface area contributed by atoms with Crippen LogP contribution in [0, 0.1) is 0 Å². The summed E-state index contributed by atoms with van der Waals surface area (Å²) in [7, 11) is 1.67. The zero-order chi connectivity index (χ0) is 20.8. The van der Waals surface area contributed by atoms with E-state index in [2.05, 4.69) is 10.3 Å². The molecule has 1 aromatic carbocycles. The van der Waals surface area contributed by atoms with Gasteiger partial charge in [0.1, 0.15) is 12.1 Å². The first-order chi connectivity index (χ1) is 14.0. The second-order valence-corrected chi connectivity index (χ2v) is 7.63. The van der Waals surface area contributed by atoms with Gasteiger partial charge >= 0.3 is 0 Å². The number of likely N-dealkylation sites (N-methyl/N-ethyl adjacent to an activating group) is 1. The van der Waals surface area contributed by atoms with Crippen molar-refractivity contribution in [3.63, 3.8) is 0 Å². The Morgan fingerprint density at radius 3 is 2.66 bits per heavy atom. The van der Waals surface area contributed by atoms with Gasteiger partial charge in [-0.3, -0.25) is 14.4 Å². The lowest BCUT2D eigenvalue weighted by Gasteiger charge is -2.22. The van der Waals surface area contributed by atoms with Crippen LogP contribution in [0.3, 0.4) is 0 Å². The number of nitrogens with zero attached hydrogens (tertiary/aromatic N) is 3. The van der Waals surface area contributed by atoms with Crippen LogP contribution < -0.4 is 10.9 Å². The van der Waals surface area contributed by atoms with Crippen molar-refractivity contribution < 1.29 is 9.59 Å². The fourth-order valence-corrected chi connectivity index (χ4v) is 3.55. The Labute approximate surface area is 172 Å². The van der Waals surface area contributed by atoms with E-state index in [0.29, 0.717) is 11.7 Å². The Balaban J connectivity index is 1.69. The Morgan fingerprint density at radius 1 is 1.21 bits per heavy atom. The van der Waals surface area contributed by atoms with Crippen molar-refractivity contribution in [2.24, 2.45) is 0 Å². The summed E-state index contributed by atoms with van der Waals surface area (Å²) in [5, 5.41) is 4.83. The molecule has 0 bridgehead atoms. The fourth-order valence-electron chi connectivity index (χ4n) is 3.01. The van der Waals surface area contributed by atoms with Crippen LogP contribution in [-0.4, -0.2) is 39.9 Å². The highest BCUT2D eigenvalue weighted by Gasteiger charge is 2.19. The van der Waals surface area contributed by atoms with Crippen LogP contribution in [0.4, 0.5) is 5.13 Å². The number of carbonyl (C=O) groups is 2. The van der Waals surface area contributed by atoms with Crippen molar-refractivity contribution in [3.05, 3.63) is 81.7 Å². The lowest BCUT2D eigenvalue weighted by atomic mass is 10.0. The van der Waals surface area contributed by atoms with Crippen LogP contribution in [0.25, 0.3) is 0 Å². The molecule has 3 rings (SSSR count). The third-order valence-corrected chi connectivity index (χ3v) is 5.19. The molecule has 0 saturated heterocycles. The topological polar surface area (TPSA) is 84.3 Å². The molecule has 0 aliphatic rings. The average molecular weight is 410 g/mol. The van der Waals surface area contributed by atoms with E-state index < -0.39 is 5.56 Å². The van der Waals surface area contributed by atoms with E-state index in [1.54, 1.807) is 24.7 Å². The molecule has 29 heavy (non-hydrogen) atoms. The van der Waals surface area contributed by atoms with Crippen LogP contribution >= 0.6 is 11.3 Å². The molecule has 0 saturated carbocycles. The normalized spacial score (nSPS) is 11.7. The molecule has 2 amide bonds. The monoisotopic (exact) mass is 410 g/mol. The molecule has 1 atom stereocenters. The van der Waals surface area contributed by atoms with Gasteiger partial charge in [0.2, 0.25) is 5.91 Å². The molecule has 8 heteroatoms. The first-order valence-electron chi connectivity index (χ1n) is 9.15. The van der Waals surface area contributed by atoms with Gasteiger partial charge in [-0.1, -0.05) is 37.3 Å². The maximum absolute atomic E-state index is 12.8. The molecule has 0 radical (unpaired) electrons. The summed E-state index contributed by atoms with van der Waals surface area (Å²) in [6.45, 7) is 2.32. The van der Waals surface area contributed by atoms with Gasteiger partial charge in [0.25, 0.3) is 11.5 Å². The van der Waals surface area contributed by atoms with Gasteiger partial charge in [0, 0.05) is 31.4 Å². The lowest BCUT2D eigenvalue weighted by Crippen LogP contribution is -2.37.